The molecule has 1 aromatic heterocycles. The van der Waals surface area contributed by atoms with Crippen LogP contribution in [0, 0.1) is 0 Å². The molecule has 1 aliphatic rings. The van der Waals surface area contributed by atoms with Crippen molar-refractivity contribution >= 4 is 5.91 Å². The minimum atomic E-state index is 0.0483. The molecule has 0 spiro atoms. The molecule has 0 aromatic carbocycles. The molecule has 1 unspecified atom stereocenters. The van der Waals surface area contributed by atoms with E-state index in [4.69, 9.17) is 0 Å². The Morgan fingerprint density at radius 2 is 2.56 bits per heavy atom. The molecule has 0 saturated carbocycles. The number of rotatable bonds is 4. The topological polar surface area (TPSA) is 46.1 Å². The van der Waals surface area contributed by atoms with Crippen LogP contribution in [-0.4, -0.2) is 29.6 Å². The molecule has 4 heteroatoms. The molecule has 2 rings (SSSR count). The molecule has 1 atom stereocenters. The van der Waals surface area contributed by atoms with E-state index in [2.05, 4.69) is 17.6 Å². The summed E-state index contributed by atoms with van der Waals surface area (Å²) in [6, 6.07) is 4.10. The second kappa shape index (κ2) is 5.16. The molecule has 0 bridgehead atoms. The third-order valence-electron chi connectivity index (χ3n) is 2.92. The monoisotopic (exact) mass is 221 g/mol. The van der Waals surface area contributed by atoms with Gasteiger partial charge in [-0.1, -0.05) is 6.92 Å². The van der Waals surface area contributed by atoms with E-state index in [9.17, 15) is 4.79 Å². The smallest absolute Gasteiger partial charge is 0.268 e. The number of amides is 1. The van der Waals surface area contributed by atoms with Crippen LogP contribution in [0.2, 0.25) is 0 Å². The van der Waals surface area contributed by atoms with Gasteiger partial charge in [0.2, 0.25) is 0 Å². The van der Waals surface area contributed by atoms with Crippen LogP contribution in [0.15, 0.2) is 18.3 Å². The van der Waals surface area contributed by atoms with Crippen LogP contribution in [0.3, 0.4) is 0 Å². The van der Waals surface area contributed by atoms with E-state index in [1.807, 2.05) is 22.9 Å². The van der Waals surface area contributed by atoms with Crippen molar-refractivity contribution in [3.8, 4) is 0 Å². The summed E-state index contributed by atoms with van der Waals surface area (Å²) < 4.78 is 2.01. The Bertz CT molecular complexity index is 353. The number of carbonyl (C=O) groups excluding carboxylic acids is 1. The third kappa shape index (κ3) is 2.44. The lowest BCUT2D eigenvalue weighted by Crippen LogP contribution is -2.37. The fourth-order valence-electron chi connectivity index (χ4n) is 2.09. The SMILES string of the molecule is CCCn1cccc1C(=O)NC1CCNC1. The van der Waals surface area contributed by atoms with E-state index in [0.29, 0.717) is 0 Å². The molecule has 1 aliphatic heterocycles. The van der Waals surface area contributed by atoms with Gasteiger partial charge in [0.1, 0.15) is 5.69 Å². The van der Waals surface area contributed by atoms with Gasteiger partial charge in [0.15, 0.2) is 0 Å². The lowest BCUT2D eigenvalue weighted by Gasteiger charge is -2.13. The van der Waals surface area contributed by atoms with Crippen LogP contribution in [0.5, 0.6) is 0 Å². The van der Waals surface area contributed by atoms with Gasteiger partial charge >= 0.3 is 0 Å². The summed E-state index contributed by atoms with van der Waals surface area (Å²) in [5.74, 6) is 0.0483. The number of nitrogens with one attached hydrogen (secondary N) is 2. The Hall–Kier alpha value is -1.29. The van der Waals surface area contributed by atoms with Crippen LogP contribution in [-0.2, 0) is 6.54 Å². The highest BCUT2D eigenvalue weighted by molar-refractivity contribution is 5.93. The maximum absolute atomic E-state index is 12.0. The second-order valence-electron chi connectivity index (χ2n) is 4.25. The molecule has 1 amide bonds. The summed E-state index contributed by atoms with van der Waals surface area (Å²) >= 11 is 0. The molecular formula is C12H19N3O. The first-order valence-electron chi connectivity index (χ1n) is 5.98. The summed E-state index contributed by atoms with van der Waals surface area (Å²) in [6.07, 6.45) is 4.03. The highest BCUT2D eigenvalue weighted by Crippen LogP contribution is 2.05. The lowest BCUT2D eigenvalue weighted by molar-refractivity contribution is 0.0930. The number of aromatic nitrogens is 1. The molecule has 2 N–H and O–H groups in total. The Balaban J connectivity index is 1.99. The predicted molar refractivity (Wildman–Crippen MR) is 63.5 cm³/mol. The molecule has 1 fully saturated rings. The number of hydrogen-bond donors (Lipinski definition) is 2. The lowest BCUT2D eigenvalue weighted by atomic mass is 10.2. The first-order valence-corrected chi connectivity index (χ1v) is 5.98. The highest BCUT2D eigenvalue weighted by atomic mass is 16.2. The zero-order valence-corrected chi connectivity index (χ0v) is 9.70. The van der Waals surface area contributed by atoms with E-state index in [1.165, 1.54) is 0 Å². The van der Waals surface area contributed by atoms with Crippen LogP contribution < -0.4 is 10.6 Å². The maximum atomic E-state index is 12.0. The normalized spacial score (nSPS) is 19.9. The van der Waals surface area contributed by atoms with Crippen molar-refractivity contribution in [2.75, 3.05) is 13.1 Å². The molecule has 2 heterocycles. The summed E-state index contributed by atoms with van der Waals surface area (Å²) in [5, 5.41) is 6.30. The molecule has 1 aromatic rings. The Labute approximate surface area is 96.0 Å². The Morgan fingerprint density at radius 1 is 1.69 bits per heavy atom. The fraction of sp³-hybridized carbons (Fsp3) is 0.583. The minimum Gasteiger partial charge on any atom is -0.347 e. The number of carbonyl (C=O) groups is 1. The van der Waals surface area contributed by atoms with Gasteiger partial charge in [-0.15, -0.1) is 0 Å². The summed E-state index contributed by atoms with van der Waals surface area (Å²) in [7, 11) is 0. The zero-order chi connectivity index (χ0) is 11.4. The fourth-order valence-corrected chi connectivity index (χ4v) is 2.09. The summed E-state index contributed by atoms with van der Waals surface area (Å²) in [6.45, 7) is 4.91. The van der Waals surface area contributed by atoms with Crippen molar-refractivity contribution in [3.05, 3.63) is 24.0 Å². The van der Waals surface area contributed by atoms with Crippen molar-refractivity contribution in [2.45, 2.75) is 32.4 Å². The second-order valence-corrected chi connectivity index (χ2v) is 4.25. The van der Waals surface area contributed by atoms with E-state index in [-0.39, 0.29) is 11.9 Å². The number of aryl methyl sites for hydroxylation is 1. The van der Waals surface area contributed by atoms with Gasteiger partial charge in [0.05, 0.1) is 0 Å². The van der Waals surface area contributed by atoms with Gasteiger partial charge in [0.25, 0.3) is 5.91 Å². The van der Waals surface area contributed by atoms with Crippen LogP contribution >= 0.6 is 0 Å². The minimum absolute atomic E-state index is 0.0483. The highest BCUT2D eigenvalue weighted by Gasteiger charge is 2.18. The van der Waals surface area contributed by atoms with Gasteiger partial charge < -0.3 is 15.2 Å². The summed E-state index contributed by atoms with van der Waals surface area (Å²) in [5.41, 5.74) is 0.772. The van der Waals surface area contributed by atoms with Gasteiger partial charge in [-0.2, -0.15) is 0 Å². The number of hydrogen-bond acceptors (Lipinski definition) is 2. The average Bonchev–Trinajstić information content (AvgIpc) is 2.89. The molecule has 1 saturated heterocycles. The van der Waals surface area contributed by atoms with Crippen molar-refractivity contribution in [1.82, 2.24) is 15.2 Å². The van der Waals surface area contributed by atoms with Crippen molar-refractivity contribution in [3.63, 3.8) is 0 Å². The van der Waals surface area contributed by atoms with Crippen LogP contribution in [0.1, 0.15) is 30.3 Å². The van der Waals surface area contributed by atoms with Crippen molar-refractivity contribution in [2.24, 2.45) is 0 Å². The molecule has 4 nitrogen and oxygen atoms in total. The van der Waals surface area contributed by atoms with E-state index < -0.39 is 0 Å². The van der Waals surface area contributed by atoms with E-state index >= 15 is 0 Å². The molecule has 88 valence electrons. The summed E-state index contributed by atoms with van der Waals surface area (Å²) in [4.78, 5) is 12.0. The number of nitrogens with zero attached hydrogens (tertiary/aromatic N) is 1. The third-order valence-corrected chi connectivity index (χ3v) is 2.92. The van der Waals surface area contributed by atoms with Crippen molar-refractivity contribution < 1.29 is 4.79 Å². The van der Waals surface area contributed by atoms with Crippen molar-refractivity contribution in [1.29, 1.82) is 0 Å². The first-order chi connectivity index (χ1) is 7.81. The molecular weight excluding hydrogens is 202 g/mol. The Kier molecular flexibility index (Phi) is 3.62. The van der Waals surface area contributed by atoms with Gasteiger partial charge in [-0.05, 0) is 31.5 Å². The van der Waals surface area contributed by atoms with Crippen LogP contribution in [0.25, 0.3) is 0 Å². The van der Waals surface area contributed by atoms with Gasteiger partial charge in [-0.25, -0.2) is 0 Å². The predicted octanol–water partition coefficient (Wildman–Crippen LogP) is 0.990. The van der Waals surface area contributed by atoms with Gasteiger partial charge in [0, 0.05) is 25.3 Å². The molecule has 0 aliphatic carbocycles. The maximum Gasteiger partial charge on any atom is 0.268 e. The average molecular weight is 221 g/mol. The molecule has 16 heavy (non-hydrogen) atoms. The van der Waals surface area contributed by atoms with Crippen LogP contribution in [0.4, 0.5) is 0 Å². The Morgan fingerprint density at radius 3 is 3.25 bits per heavy atom. The van der Waals surface area contributed by atoms with E-state index in [1.54, 1.807) is 0 Å². The van der Waals surface area contributed by atoms with Gasteiger partial charge in [-0.3, -0.25) is 4.79 Å². The zero-order valence-electron chi connectivity index (χ0n) is 9.70. The first kappa shape index (κ1) is 11.2. The van der Waals surface area contributed by atoms with E-state index in [0.717, 1.165) is 38.2 Å². The molecule has 0 radical (unpaired) electrons. The standard InChI is InChI=1S/C12H19N3O/c1-2-7-15-8-3-4-11(15)12(16)14-10-5-6-13-9-10/h3-4,8,10,13H,2,5-7,9H2,1H3,(H,14,16). The quantitative estimate of drug-likeness (QED) is 0.796. The largest absolute Gasteiger partial charge is 0.347 e.